The summed E-state index contributed by atoms with van der Waals surface area (Å²) in [6, 6.07) is 8.75. The number of hydrogen-bond donors (Lipinski definition) is 0. The molecule has 8 nitrogen and oxygen atoms in total. The van der Waals surface area contributed by atoms with Crippen molar-refractivity contribution in [2.45, 2.75) is 19.2 Å². The lowest BCUT2D eigenvalue weighted by Gasteiger charge is -2.18. The van der Waals surface area contributed by atoms with Gasteiger partial charge in [0, 0.05) is 5.71 Å². The molecule has 132 valence electrons. The maximum absolute atomic E-state index is 12.4. The molecule has 1 atom stereocenters. The third-order valence-electron chi connectivity index (χ3n) is 2.97. The van der Waals surface area contributed by atoms with Gasteiger partial charge in [-0.25, -0.2) is 9.69 Å². The number of amides is 2. The minimum Gasteiger partial charge on any atom is -0.486 e. The average Bonchev–Trinajstić information content (AvgIpc) is 2.94. The first-order valence-electron chi connectivity index (χ1n) is 7.31. The van der Waals surface area contributed by atoms with Crippen molar-refractivity contribution in [2.24, 2.45) is 10.2 Å². The summed E-state index contributed by atoms with van der Waals surface area (Å²) in [6.45, 7) is 3.12. The van der Waals surface area contributed by atoms with Gasteiger partial charge in [0.05, 0.1) is 7.11 Å². The van der Waals surface area contributed by atoms with Crippen LogP contribution in [0.1, 0.15) is 13.8 Å². The summed E-state index contributed by atoms with van der Waals surface area (Å²) in [7, 11) is 1.13. The van der Waals surface area contributed by atoms with Crippen LogP contribution in [0.3, 0.4) is 0 Å². The number of hydrogen-bond acceptors (Lipinski definition) is 8. The largest absolute Gasteiger partial charge is 0.486 e. The molecule has 2 amide bonds. The number of benzene rings is 1. The highest BCUT2D eigenvalue weighted by molar-refractivity contribution is 8.17. The first-order chi connectivity index (χ1) is 11.9. The van der Waals surface area contributed by atoms with Crippen molar-refractivity contribution in [3.8, 4) is 5.75 Å². The van der Waals surface area contributed by atoms with Gasteiger partial charge in [-0.1, -0.05) is 30.0 Å². The van der Waals surface area contributed by atoms with Crippen molar-refractivity contribution in [3.05, 3.63) is 30.3 Å². The molecule has 1 unspecified atom stereocenters. The van der Waals surface area contributed by atoms with Gasteiger partial charge in [-0.05, 0) is 26.0 Å². The van der Waals surface area contributed by atoms with Crippen molar-refractivity contribution in [1.29, 1.82) is 0 Å². The summed E-state index contributed by atoms with van der Waals surface area (Å²) in [6.07, 6.45) is -0.932. The van der Waals surface area contributed by atoms with Crippen LogP contribution in [0.4, 0.5) is 4.79 Å². The number of rotatable bonds is 5. The van der Waals surface area contributed by atoms with Gasteiger partial charge in [0.1, 0.15) is 12.4 Å². The van der Waals surface area contributed by atoms with Crippen molar-refractivity contribution >= 4 is 40.3 Å². The topological polar surface area (TPSA) is 97.6 Å². The first kappa shape index (κ1) is 18.7. The third-order valence-corrected chi connectivity index (χ3v) is 4.15. The molecule has 1 saturated heterocycles. The minimum absolute atomic E-state index is 0.0512. The highest BCUT2D eigenvalue weighted by Gasteiger charge is 2.46. The van der Waals surface area contributed by atoms with Crippen LogP contribution in [0.5, 0.6) is 5.75 Å². The lowest BCUT2D eigenvalue weighted by molar-refractivity contribution is -0.130. The number of methoxy groups -OCH3 is 1. The SMILES string of the molecule is COC(=O)N1C(=O)C(=NN=C(C)C)SC1C(=O)COc1ccccc1. The smallest absolute Gasteiger partial charge is 0.417 e. The molecule has 25 heavy (non-hydrogen) atoms. The Balaban J connectivity index is 2.16. The molecular weight excluding hydrogens is 346 g/mol. The Morgan fingerprint density at radius 2 is 1.92 bits per heavy atom. The molecule has 1 aromatic rings. The molecule has 1 fully saturated rings. The van der Waals surface area contributed by atoms with Crippen LogP contribution in [0.25, 0.3) is 0 Å². The second-order valence-corrected chi connectivity index (χ2v) is 6.20. The maximum Gasteiger partial charge on any atom is 0.417 e. The Morgan fingerprint density at radius 3 is 2.52 bits per heavy atom. The number of thioether (sulfide) groups is 1. The van der Waals surface area contributed by atoms with Gasteiger partial charge in [0.25, 0.3) is 5.91 Å². The van der Waals surface area contributed by atoms with Crippen LogP contribution < -0.4 is 4.74 Å². The molecule has 1 heterocycles. The predicted octanol–water partition coefficient (Wildman–Crippen LogP) is 2.10. The van der Waals surface area contributed by atoms with Crippen molar-refractivity contribution in [3.63, 3.8) is 0 Å². The van der Waals surface area contributed by atoms with E-state index in [-0.39, 0.29) is 11.7 Å². The number of nitrogens with zero attached hydrogens (tertiary/aromatic N) is 3. The summed E-state index contributed by atoms with van der Waals surface area (Å²) in [5, 5.41) is 6.45. The maximum atomic E-state index is 12.4. The van der Waals surface area contributed by atoms with E-state index in [4.69, 9.17) is 4.74 Å². The summed E-state index contributed by atoms with van der Waals surface area (Å²) >= 11 is 0.845. The van der Waals surface area contributed by atoms with Crippen LogP contribution in [-0.4, -0.2) is 52.5 Å². The van der Waals surface area contributed by atoms with Gasteiger partial charge in [-0.15, -0.1) is 5.10 Å². The molecule has 1 aromatic carbocycles. The Bertz CT molecular complexity index is 729. The van der Waals surface area contributed by atoms with Crippen LogP contribution in [0.15, 0.2) is 40.5 Å². The van der Waals surface area contributed by atoms with E-state index in [9.17, 15) is 14.4 Å². The fourth-order valence-electron chi connectivity index (χ4n) is 1.86. The average molecular weight is 363 g/mol. The molecule has 1 aliphatic heterocycles. The van der Waals surface area contributed by atoms with Crippen LogP contribution in [-0.2, 0) is 14.3 Å². The van der Waals surface area contributed by atoms with E-state index in [1.54, 1.807) is 38.1 Å². The van der Waals surface area contributed by atoms with Crippen LogP contribution in [0, 0.1) is 0 Å². The molecular formula is C16H17N3O5S. The van der Waals surface area contributed by atoms with Gasteiger partial charge < -0.3 is 9.47 Å². The van der Waals surface area contributed by atoms with E-state index in [0.717, 1.165) is 23.8 Å². The number of imide groups is 1. The molecule has 0 aromatic heterocycles. The Hall–Kier alpha value is -2.68. The van der Waals surface area contributed by atoms with E-state index < -0.39 is 23.2 Å². The number of ketones is 1. The van der Waals surface area contributed by atoms with Gasteiger partial charge in [-0.3, -0.25) is 9.59 Å². The number of para-hydroxylation sites is 1. The van der Waals surface area contributed by atoms with Crippen molar-refractivity contribution in [1.82, 2.24) is 4.90 Å². The third kappa shape index (κ3) is 4.66. The molecule has 0 aliphatic carbocycles. The molecule has 0 spiro atoms. The molecule has 1 aliphatic rings. The van der Waals surface area contributed by atoms with Crippen molar-refractivity contribution in [2.75, 3.05) is 13.7 Å². The fourth-order valence-corrected chi connectivity index (χ4v) is 2.84. The van der Waals surface area contributed by atoms with E-state index in [0.29, 0.717) is 11.5 Å². The van der Waals surface area contributed by atoms with E-state index in [2.05, 4.69) is 14.9 Å². The second kappa shape index (κ2) is 8.43. The summed E-state index contributed by atoms with van der Waals surface area (Å²) < 4.78 is 9.98. The highest BCUT2D eigenvalue weighted by atomic mass is 32.2. The van der Waals surface area contributed by atoms with E-state index in [1.165, 1.54) is 0 Å². The molecule has 0 radical (unpaired) electrons. The monoisotopic (exact) mass is 363 g/mol. The lowest BCUT2D eigenvalue weighted by Crippen LogP contribution is -2.44. The zero-order valence-corrected chi connectivity index (χ0v) is 14.8. The predicted molar refractivity (Wildman–Crippen MR) is 93.8 cm³/mol. The zero-order chi connectivity index (χ0) is 18.4. The number of carbonyl (C=O) groups is 3. The standard InChI is InChI=1S/C16H17N3O5S/c1-10(2)17-18-13-14(21)19(16(22)23-3)15(25-13)12(20)9-24-11-7-5-4-6-8-11/h4-8,15H,9H2,1-3H3. The highest BCUT2D eigenvalue weighted by Crippen LogP contribution is 2.29. The van der Waals surface area contributed by atoms with Gasteiger partial charge in [-0.2, -0.15) is 5.10 Å². The van der Waals surface area contributed by atoms with Crippen LogP contribution >= 0.6 is 11.8 Å². The minimum atomic E-state index is -1.10. The van der Waals surface area contributed by atoms with Gasteiger partial charge in [0.15, 0.2) is 10.4 Å². The molecule has 0 saturated carbocycles. The number of carbonyl (C=O) groups excluding carboxylic acids is 3. The first-order valence-corrected chi connectivity index (χ1v) is 8.19. The van der Waals surface area contributed by atoms with Gasteiger partial charge >= 0.3 is 6.09 Å². The van der Waals surface area contributed by atoms with Gasteiger partial charge in [0.2, 0.25) is 5.78 Å². The molecule has 2 rings (SSSR count). The van der Waals surface area contributed by atoms with Crippen molar-refractivity contribution < 1.29 is 23.9 Å². The van der Waals surface area contributed by atoms with Crippen LogP contribution in [0.2, 0.25) is 0 Å². The normalized spacial score (nSPS) is 18.2. The number of Topliss-reactive ketones (excluding diaryl/α,β-unsaturated/α-hetero) is 1. The Kier molecular flexibility index (Phi) is 6.29. The molecule has 9 heteroatoms. The summed E-state index contributed by atoms with van der Waals surface area (Å²) in [5.41, 5.74) is 0.632. The quantitative estimate of drug-likeness (QED) is 0.587. The van der Waals surface area contributed by atoms with E-state index >= 15 is 0 Å². The molecule has 0 bridgehead atoms. The lowest BCUT2D eigenvalue weighted by atomic mass is 10.3. The Morgan fingerprint density at radius 1 is 1.24 bits per heavy atom. The Labute approximate surface area is 148 Å². The number of ether oxygens (including phenoxy) is 2. The second-order valence-electron chi connectivity index (χ2n) is 5.14. The fraction of sp³-hybridized carbons (Fsp3) is 0.312. The van der Waals surface area contributed by atoms with E-state index in [1.807, 2.05) is 6.07 Å². The molecule has 0 N–H and O–H groups in total. The zero-order valence-electron chi connectivity index (χ0n) is 14.0. The summed E-state index contributed by atoms with van der Waals surface area (Å²) in [5.74, 6) is -0.676. The summed E-state index contributed by atoms with van der Waals surface area (Å²) in [4.78, 5) is 37.4.